The lowest BCUT2D eigenvalue weighted by Crippen LogP contribution is -2.15. The standard InChI is InChI=1S/C23H25O3S/c1-16-11-9-10-14-19(16)22-21(15-20(26-22)17(2)23(3,4)5)27(24,25)18-12-7-6-8-13-18/h6-15H,1-5H3. The number of rotatable bonds is 4. The lowest BCUT2D eigenvalue weighted by Gasteiger charge is -2.24. The lowest BCUT2D eigenvalue weighted by molar-refractivity contribution is 0.405. The third-order valence-corrected chi connectivity index (χ3v) is 6.70. The molecular weight excluding hydrogens is 356 g/mol. The van der Waals surface area contributed by atoms with Gasteiger partial charge < -0.3 is 4.42 Å². The second kappa shape index (κ2) is 7.01. The minimum Gasteiger partial charge on any atom is -0.459 e. The average Bonchev–Trinajstić information content (AvgIpc) is 3.07. The van der Waals surface area contributed by atoms with Gasteiger partial charge in [0.05, 0.1) is 4.90 Å². The summed E-state index contributed by atoms with van der Waals surface area (Å²) in [6, 6.07) is 17.8. The van der Waals surface area contributed by atoms with Gasteiger partial charge in [-0.2, -0.15) is 0 Å². The Balaban J connectivity index is 2.27. The Morgan fingerprint density at radius 1 is 0.926 bits per heavy atom. The molecule has 4 heteroatoms. The Hall–Kier alpha value is -2.33. The third kappa shape index (κ3) is 3.72. The van der Waals surface area contributed by atoms with Gasteiger partial charge in [-0.05, 0) is 36.1 Å². The molecule has 0 N–H and O–H groups in total. The fraction of sp³-hybridized carbons (Fsp3) is 0.261. The van der Waals surface area contributed by atoms with Crippen LogP contribution in [0.25, 0.3) is 11.3 Å². The molecule has 2 aromatic carbocycles. The Kier molecular flexibility index (Phi) is 5.04. The first-order valence-electron chi connectivity index (χ1n) is 8.97. The number of aryl methyl sites for hydroxylation is 1. The Labute approximate surface area is 162 Å². The van der Waals surface area contributed by atoms with Gasteiger partial charge in [0, 0.05) is 11.5 Å². The van der Waals surface area contributed by atoms with E-state index in [1.807, 2.05) is 38.1 Å². The Bertz CT molecular complexity index is 1040. The van der Waals surface area contributed by atoms with Crippen molar-refractivity contribution >= 4 is 9.84 Å². The fourth-order valence-corrected chi connectivity index (χ4v) is 4.30. The molecule has 1 heterocycles. The minimum atomic E-state index is -3.70. The maximum atomic E-state index is 13.4. The SMILES string of the molecule is C[C](c1cc(S(=O)(=O)c2ccccc2)c(-c2ccccc2C)o1)C(C)(C)C. The van der Waals surface area contributed by atoms with Crippen molar-refractivity contribution < 1.29 is 12.8 Å². The van der Waals surface area contributed by atoms with Crippen molar-refractivity contribution in [2.45, 2.75) is 44.4 Å². The van der Waals surface area contributed by atoms with Gasteiger partial charge in [-0.3, -0.25) is 0 Å². The van der Waals surface area contributed by atoms with Crippen LogP contribution in [0.15, 0.2) is 74.9 Å². The van der Waals surface area contributed by atoms with E-state index >= 15 is 0 Å². The predicted octanol–water partition coefficient (Wildman–Crippen LogP) is 6.08. The highest BCUT2D eigenvalue weighted by Crippen LogP contribution is 2.41. The summed E-state index contributed by atoms with van der Waals surface area (Å²) in [5, 5.41) is 0. The topological polar surface area (TPSA) is 47.3 Å². The summed E-state index contributed by atoms with van der Waals surface area (Å²) in [5.74, 6) is 2.01. The summed E-state index contributed by atoms with van der Waals surface area (Å²) >= 11 is 0. The molecule has 0 bridgehead atoms. The van der Waals surface area contributed by atoms with Crippen molar-refractivity contribution in [1.82, 2.24) is 0 Å². The van der Waals surface area contributed by atoms with Crippen molar-refractivity contribution in [1.29, 1.82) is 0 Å². The van der Waals surface area contributed by atoms with Crippen molar-refractivity contribution in [2.75, 3.05) is 0 Å². The smallest absolute Gasteiger partial charge is 0.210 e. The van der Waals surface area contributed by atoms with E-state index in [9.17, 15) is 8.42 Å². The lowest BCUT2D eigenvalue weighted by atomic mass is 9.81. The number of sulfone groups is 1. The van der Waals surface area contributed by atoms with Gasteiger partial charge >= 0.3 is 0 Å². The summed E-state index contributed by atoms with van der Waals surface area (Å²) in [7, 11) is -3.70. The summed E-state index contributed by atoms with van der Waals surface area (Å²) in [6.07, 6.45) is 0. The van der Waals surface area contributed by atoms with E-state index in [0.29, 0.717) is 11.5 Å². The van der Waals surface area contributed by atoms with Crippen LogP contribution in [0.5, 0.6) is 0 Å². The van der Waals surface area contributed by atoms with Crippen molar-refractivity contribution in [2.24, 2.45) is 5.41 Å². The summed E-state index contributed by atoms with van der Waals surface area (Å²) in [4.78, 5) is 0.474. The number of furan rings is 1. The molecule has 1 aromatic heterocycles. The first kappa shape index (κ1) is 19.4. The molecule has 0 saturated carbocycles. The molecule has 0 amide bonds. The van der Waals surface area contributed by atoms with Crippen LogP contribution < -0.4 is 0 Å². The third-order valence-electron chi connectivity index (χ3n) is 4.93. The van der Waals surface area contributed by atoms with Crippen molar-refractivity contribution in [3.05, 3.63) is 77.9 Å². The van der Waals surface area contributed by atoms with E-state index < -0.39 is 9.84 Å². The predicted molar refractivity (Wildman–Crippen MR) is 108 cm³/mol. The van der Waals surface area contributed by atoms with E-state index in [2.05, 4.69) is 20.8 Å². The van der Waals surface area contributed by atoms with E-state index in [-0.39, 0.29) is 15.2 Å². The number of hydrogen-bond donors (Lipinski definition) is 0. The van der Waals surface area contributed by atoms with Crippen molar-refractivity contribution in [3.8, 4) is 11.3 Å². The van der Waals surface area contributed by atoms with E-state index in [1.54, 1.807) is 36.4 Å². The van der Waals surface area contributed by atoms with Gasteiger partial charge in [0.15, 0.2) is 5.76 Å². The van der Waals surface area contributed by atoms with Gasteiger partial charge in [0.2, 0.25) is 9.84 Å². The average molecular weight is 382 g/mol. The maximum absolute atomic E-state index is 13.4. The zero-order valence-electron chi connectivity index (χ0n) is 16.4. The molecular formula is C23H25O3S. The van der Waals surface area contributed by atoms with E-state index in [0.717, 1.165) is 17.0 Å². The molecule has 0 aliphatic carbocycles. The van der Waals surface area contributed by atoms with Crippen LogP contribution in [0, 0.1) is 18.3 Å². The largest absolute Gasteiger partial charge is 0.459 e. The van der Waals surface area contributed by atoms with Crippen LogP contribution >= 0.6 is 0 Å². The van der Waals surface area contributed by atoms with E-state index in [4.69, 9.17) is 4.42 Å². The second-order valence-electron chi connectivity index (χ2n) is 7.81. The highest BCUT2D eigenvalue weighted by molar-refractivity contribution is 7.91. The molecule has 0 unspecified atom stereocenters. The minimum absolute atomic E-state index is 0.130. The maximum Gasteiger partial charge on any atom is 0.210 e. The molecule has 0 atom stereocenters. The first-order valence-corrected chi connectivity index (χ1v) is 10.4. The molecule has 3 nitrogen and oxygen atoms in total. The van der Waals surface area contributed by atoms with Crippen LogP contribution in [0.3, 0.4) is 0 Å². The Morgan fingerprint density at radius 3 is 2.11 bits per heavy atom. The number of benzene rings is 2. The molecule has 27 heavy (non-hydrogen) atoms. The molecule has 141 valence electrons. The van der Waals surface area contributed by atoms with Gasteiger partial charge in [0.1, 0.15) is 10.7 Å². The molecule has 1 radical (unpaired) electrons. The monoisotopic (exact) mass is 381 g/mol. The quantitative estimate of drug-likeness (QED) is 0.550. The molecule has 0 aliphatic rings. The van der Waals surface area contributed by atoms with Gasteiger partial charge in [-0.1, -0.05) is 70.2 Å². The van der Waals surface area contributed by atoms with Crippen LogP contribution in [0.1, 0.15) is 39.0 Å². The Morgan fingerprint density at radius 2 is 1.52 bits per heavy atom. The molecule has 3 aromatic rings. The van der Waals surface area contributed by atoms with Crippen LogP contribution in [0.4, 0.5) is 0 Å². The molecule has 0 saturated heterocycles. The highest BCUT2D eigenvalue weighted by atomic mass is 32.2. The van der Waals surface area contributed by atoms with Gasteiger partial charge in [0.25, 0.3) is 0 Å². The highest BCUT2D eigenvalue weighted by Gasteiger charge is 2.32. The normalized spacial score (nSPS) is 12.5. The van der Waals surface area contributed by atoms with Gasteiger partial charge in [-0.15, -0.1) is 0 Å². The number of hydrogen-bond acceptors (Lipinski definition) is 3. The van der Waals surface area contributed by atoms with Crippen LogP contribution in [0.2, 0.25) is 0 Å². The molecule has 0 aliphatic heterocycles. The summed E-state index contributed by atoms with van der Waals surface area (Å²) < 4.78 is 32.9. The zero-order valence-corrected chi connectivity index (χ0v) is 17.2. The van der Waals surface area contributed by atoms with Crippen LogP contribution in [-0.4, -0.2) is 8.42 Å². The molecule has 0 spiro atoms. The van der Waals surface area contributed by atoms with Gasteiger partial charge in [-0.25, -0.2) is 8.42 Å². The van der Waals surface area contributed by atoms with E-state index in [1.165, 1.54) is 0 Å². The molecule has 0 fully saturated rings. The zero-order chi connectivity index (χ0) is 19.8. The van der Waals surface area contributed by atoms with Crippen LogP contribution in [-0.2, 0) is 9.84 Å². The second-order valence-corrected chi connectivity index (χ2v) is 9.73. The first-order chi connectivity index (χ1) is 12.6. The fourth-order valence-electron chi connectivity index (χ4n) is 2.87. The summed E-state index contributed by atoms with van der Waals surface area (Å²) in [6.45, 7) is 10.2. The molecule has 3 rings (SSSR count). The van der Waals surface area contributed by atoms with Crippen molar-refractivity contribution in [3.63, 3.8) is 0 Å². The summed E-state index contributed by atoms with van der Waals surface area (Å²) in [5.41, 5.74) is 1.63.